The molecule has 10 heteroatoms. The quantitative estimate of drug-likeness (QED) is 0.308. The van der Waals surface area contributed by atoms with E-state index in [0.29, 0.717) is 31.0 Å². The minimum Gasteiger partial charge on any atom is -0.390 e. The van der Waals surface area contributed by atoms with Crippen LogP contribution in [0.3, 0.4) is 0 Å². The number of hydrogen-bond acceptors (Lipinski definition) is 7. The van der Waals surface area contributed by atoms with Crippen molar-refractivity contribution in [3.63, 3.8) is 0 Å². The van der Waals surface area contributed by atoms with Crippen molar-refractivity contribution in [1.29, 1.82) is 0 Å². The summed E-state index contributed by atoms with van der Waals surface area (Å²) < 4.78 is 31.4. The minimum atomic E-state index is -3.36. The van der Waals surface area contributed by atoms with Crippen LogP contribution in [0.2, 0.25) is 0 Å². The maximum absolute atomic E-state index is 14.1. The van der Waals surface area contributed by atoms with Gasteiger partial charge in [-0.25, -0.2) is 8.42 Å². The van der Waals surface area contributed by atoms with Crippen LogP contribution in [0, 0.1) is 11.3 Å². The highest BCUT2D eigenvalue weighted by atomic mass is 32.2. The third kappa shape index (κ3) is 6.15. The molecular weight excluding hydrogens is 576 g/mol. The Morgan fingerprint density at radius 2 is 1.66 bits per heavy atom. The van der Waals surface area contributed by atoms with E-state index in [1.165, 1.54) is 0 Å². The molecule has 4 aliphatic rings. The molecule has 4 saturated carbocycles. The van der Waals surface area contributed by atoms with Gasteiger partial charge in [0.2, 0.25) is 21.8 Å². The smallest absolute Gasteiger partial charge is 0.232 e. The standard InChI is InChI=1S/C34H44N4O5S/c1-31(2,3)30-35-29(36-43-30)34-16-13-33(14-17-34,15-18-34)22-38(28(39)25-20-32(4,40)21-25)27-8-6-7-24(19-27)23-9-11-26(12-10-23)37-44(5,41)42/h6-12,19,25,37,40H,13-18,20-22H2,1-5H3/t25-,32+,33?,34?. The summed E-state index contributed by atoms with van der Waals surface area (Å²) in [4.78, 5) is 20.9. The van der Waals surface area contributed by atoms with Gasteiger partial charge in [0.15, 0.2) is 5.82 Å². The molecular formula is C34H44N4O5S. The van der Waals surface area contributed by atoms with Crippen LogP contribution in [-0.4, -0.2) is 48.0 Å². The largest absolute Gasteiger partial charge is 0.390 e. The van der Waals surface area contributed by atoms with Crippen molar-refractivity contribution in [1.82, 2.24) is 10.1 Å². The average Bonchev–Trinajstić information content (AvgIpc) is 3.47. The molecule has 1 amide bonds. The van der Waals surface area contributed by atoms with Gasteiger partial charge < -0.3 is 14.5 Å². The lowest BCUT2D eigenvalue weighted by Gasteiger charge is -2.54. The first-order chi connectivity index (χ1) is 20.6. The Hall–Kier alpha value is -3.24. The molecule has 0 radical (unpaired) electrons. The van der Waals surface area contributed by atoms with E-state index >= 15 is 0 Å². The fraction of sp³-hybridized carbons (Fsp3) is 0.559. The summed E-state index contributed by atoms with van der Waals surface area (Å²) >= 11 is 0. The second-order valence-electron chi connectivity index (χ2n) is 15.0. The molecule has 4 aliphatic carbocycles. The molecule has 44 heavy (non-hydrogen) atoms. The molecule has 1 heterocycles. The van der Waals surface area contributed by atoms with E-state index in [0.717, 1.165) is 67.4 Å². The van der Waals surface area contributed by atoms with Crippen molar-refractivity contribution in [2.45, 2.75) is 95.5 Å². The van der Waals surface area contributed by atoms with E-state index in [1.54, 1.807) is 19.1 Å². The Labute approximate surface area is 260 Å². The number of aliphatic hydroxyl groups is 1. The number of benzene rings is 2. The molecule has 236 valence electrons. The molecule has 0 unspecified atom stereocenters. The van der Waals surface area contributed by atoms with Crippen LogP contribution in [0.25, 0.3) is 11.1 Å². The molecule has 9 nitrogen and oxygen atoms in total. The molecule has 4 fully saturated rings. The number of carbonyl (C=O) groups is 1. The van der Waals surface area contributed by atoms with Gasteiger partial charge in [0.25, 0.3) is 0 Å². The fourth-order valence-electron chi connectivity index (χ4n) is 7.41. The van der Waals surface area contributed by atoms with Crippen LogP contribution in [0.4, 0.5) is 11.4 Å². The van der Waals surface area contributed by atoms with E-state index in [1.807, 2.05) is 41.3 Å². The third-order valence-corrected chi connectivity index (χ3v) is 10.7. The summed E-state index contributed by atoms with van der Waals surface area (Å²) in [6.45, 7) is 8.70. The second-order valence-corrected chi connectivity index (χ2v) is 16.7. The SMILES string of the molecule is CC(C)(C)c1nc(C23CCC(CN(c4cccc(-c5ccc(NS(C)(=O)=O)cc5)c4)C(=O)[C@H]4C[C@@](C)(O)C4)(CC2)CC3)no1. The number of carbonyl (C=O) groups excluding carboxylic acids is 1. The zero-order chi connectivity index (χ0) is 31.5. The number of hydrogen-bond donors (Lipinski definition) is 2. The fourth-order valence-corrected chi connectivity index (χ4v) is 7.97. The van der Waals surface area contributed by atoms with Crippen LogP contribution in [0.5, 0.6) is 0 Å². The van der Waals surface area contributed by atoms with Crippen molar-refractivity contribution < 1.29 is 22.8 Å². The van der Waals surface area contributed by atoms with Crippen molar-refractivity contribution >= 4 is 27.3 Å². The highest BCUT2D eigenvalue weighted by Gasteiger charge is 2.53. The van der Waals surface area contributed by atoms with Gasteiger partial charge in [0.05, 0.1) is 11.9 Å². The summed E-state index contributed by atoms with van der Waals surface area (Å²) in [5, 5.41) is 14.9. The lowest BCUT2D eigenvalue weighted by Crippen LogP contribution is -2.54. The maximum atomic E-state index is 14.1. The Morgan fingerprint density at radius 3 is 2.20 bits per heavy atom. The predicted octanol–water partition coefficient (Wildman–Crippen LogP) is 6.19. The summed E-state index contributed by atoms with van der Waals surface area (Å²) in [6, 6.07) is 15.3. The number of nitrogens with one attached hydrogen (secondary N) is 1. The molecule has 1 aromatic heterocycles. The van der Waals surface area contributed by atoms with E-state index in [4.69, 9.17) is 9.51 Å². The normalized spacial score (nSPS) is 28.4. The van der Waals surface area contributed by atoms with Crippen LogP contribution < -0.4 is 9.62 Å². The van der Waals surface area contributed by atoms with Crippen molar-refractivity contribution in [2.24, 2.45) is 11.3 Å². The molecule has 0 saturated heterocycles. The van der Waals surface area contributed by atoms with Crippen molar-refractivity contribution in [2.75, 3.05) is 22.4 Å². The molecule has 3 aromatic rings. The van der Waals surface area contributed by atoms with Gasteiger partial charge in [0.1, 0.15) is 0 Å². The second kappa shape index (κ2) is 10.7. The summed E-state index contributed by atoms with van der Waals surface area (Å²) in [5.41, 5.74) is 2.19. The van der Waals surface area contributed by atoms with Gasteiger partial charge >= 0.3 is 0 Å². The summed E-state index contributed by atoms with van der Waals surface area (Å²) in [7, 11) is -3.36. The van der Waals surface area contributed by atoms with E-state index in [-0.39, 0.29) is 28.1 Å². The Morgan fingerprint density at radius 1 is 1.02 bits per heavy atom. The van der Waals surface area contributed by atoms with Crippen LogP contribution >= 0.6 is 0 Å². The van der Waals surface area contributed by atoms with Gasteiger partial charge in [-0.1, -0.05) is 50.2 Å². The molecule has 7 rings (SSSR count). The van der Waals surface area contributed by atoms with Gasteiger partial charge in [-0.15, -0.1) is 0 Å². The van der Waals surface area contributed by atoms with E-state index in [2.05, 4.69) is 30.6 Å². The Kier molecular flexibility index (Phi) is 7.47. The number of sulfonamides is 1. The topological polar surface area (TPSA) is 126 Å². The molecule has 0 atom stereocenters. The minimum absolute atomic E-state index is 0.00916. The monoisotopic (exact) mass is 620 g/mol. The van der Waals surface area contributed by atoms with Gasteiger partial charge in [-0.05, 0) is 99.1 Å². The Balaban J connectivity index is 1.25. The number of aromatic nitrogens is 2. The molecule has 2 aromatic carbocycles. The van der Waals surface area contributed by atoms with Crippen LogP contribution in [0.1, 0.15) is 90.8 Å². The van der Waals surface area contributed by atoms with Crippen LogP contribution in [-0.2, 0) is 25.6 Å². The first-order valence-electron chi connectivity index (χ1n) is 15.6. The lowest BCUT2D eigenvalue weighted by atomic mass is 9.53. The number of nitrogens with zero attached hydrogens (tertiary/aromatic N) is 3. The molecule has 0 spiro atoms. The summed E-state index contributed by atoms with van der Waals surface area (Å²) in [5.74, 6) is 1.39. The number of anilines is 2. The van der Waals surface area contributed by atoms with E-state index in [9.17, 15) is 18.3 Å². The molecule has 0 aliphatic heterocycles. The van der Waals surface area contributed by atoms with Crippen molar-refractivity contribution in [3.05, 3.63) is 60.2 Å². The van der Waals surface area contributed by atoms with E-state index < -0.39 is 15.6 Å². The van der Waals surface area contributed by atoms with Gasteiger partial charge in [0, 0.05) is 34.7 Å². The first kappa shape index (κ1) is 30.8. The van der Waals surface area contributed by atoms with Crippen LogP contribution in [0.15, 0.2) is 53.1 Å². The first-order valence-corrected chi connectivity index (χ1v) is 17.5. The summed E-state index contributed by atoms with van der Waals surface area (Å²) in [6.07, 6.45) is 7.98. The Bertz CT molecular complexity index is 1620. The van der Waals surface area contributed by atoms with Crippen molar-refractivity contribution in [3.8, 4) is 11.1 Å². The highest BCUT2D eigenvalue weighted by molar-refractivity contribution is 7.92. The third-order valence-electron chi connectivity index (χ3n) is 10.1. The van der Waals surface area contributed by atoms with Gasteiger partial charge in [-0.3, -0.25) is 9.52 Å². The highest BCUT2D eigenvalue weighted by Crippen LogP contribution is 2.58. The molecule has 2 N–H and O–H groups in total. The average molecular weight is 621 g/mol. The zero-order valence-corrected chi connectivity index (χ0v) is 27.2. The number of rotatable bonds is 8. The zero-order valence-electron chi connectivity index (χ0n) is 26.4. The number of amides is 1. The van der Waals surface area contributed by atoms with Gasteiger partial charge in [-0.2, -0.15) is 4.98 Å². The maximum Gasteiger partial charge on any atom is 0.232 e. The predicted molar refractivity (Wildman–Crippen MR) is 171 cm³/mol. The molecule has 2 bridgehead atoms. The number of fused-ring (bicyclic) bond motifs is 3. The lowest BCUT2D eigenvalue weighted by molar-refractivity contribution is -0.137.